The number of nitrogens with one attached hydrogen (secondary N) is 3. The van der Waals surface area contributed by atoms with Gasteiger partial charge in [0.15, 0.2) is 0 Å². The lowest BCUT2D eigenvalue weighted by Crippen LogP contribution is -2.29. The number of rotatable bonds is 5. The highest BCUT2D eigenvalue weighted by Gasteiger charge is 2.24. The van der Waals surface area contributed by atoms with Gasteiger partial charge in [-0.15, -0.1) is 0 Å². The summed E-state index contributed by atoms with van der Waals surface area (Å²) in [7, 11) is 0. The molecule has 9 heteroatoms. The molecule has 0 spiro atoms. The van der Waals surface area contributed by atoms with E-state index in [2.05, 4.69) is 15.6 Å². The van der Waals surface area contributed by atoms with Crippen LogP contribution in [0.2, 0.25) is 10.0 Å². The number of nitrogens with zero attached hydrogens (tertiary/aromatic N) is 1. The lowest BCUT2D eigenvalue weighted by molar-refractivity contribution is 0.0904. The first kappa shape index (κ1) is 19.5. The summed E-state index contributed by atoms with van der Waals surface area (Å²) >= 11 is 12.1. The minimum Gasteiger partial charge on any atom is -0.381 e. The van der Waals surface area contributed by atoms with E-state index in [0.29, 0.717) is 23.9 Å². The average molecular weight is 411 g/mol. The van der Waals surface area contributed by atoms with Crippen molar-refractivity contribution >= 4 is 46.6 Å². The maximum atomic E-state index is 13.9. The predicted molar refractivity (Wildman–Crippen MR) is 104 cm³/mol. The smallest absolute Gasteiger partial charge is 0.258 e. The molecule has 0 atom stereocenters. The van der Waals surface area contributed by atoms with Crippen molar-refractivity contribution in [1.82, 2.24) is 4.98 Å². The van der Waals surface area contributed by atoms with E-state index in [1.807, 2.05) is 0 Å². The van der Waals surface area contributed by atoms with E-state index in [4.69, 9.17) is 33.3 Å². The molecule has 2 heterocycles. The first-order valence-electron chi connectivity index (χ1n) is 8.30. The topological polar surface area (TPSA) is 87.1 Å². The van der Waals surface area contributed by atoms with Crippen molar-refractivity contribution in [2.24, 2.45) is 0 Å². The number of carbonyl (C=O) groups excluding carboxylic acids is 1. The summed E-state index contributed by atoms with van der Waals surface area (Å²) in [5.41, 5.74) is 0.246. The van der Waals surface area contributed by atoms with Crippen molar-refractivity contribution in [3.63, 3.8) is 0 Å². The van der Waals surface area contributed by atoms with Gasteiger partial charge < -0.3 is 15.4 Å². The first-order valence-corrected chi connectivity index (χ1v) is 9.05. The summed E-state index contributed by atoms with van der Waals surface area (Å²) in [5, 5.41) is 13.5. The van der Waals surface area contributed by atoms with Crippen molar-refractivity contribution in [2.45, 2.75) is 18.9 Å². The Balaban J connectivity index is 1.85. The number of amides is 1. The maximum absolute atomic E-state index is 13.9. The monoisotopic (exact) mass is 410 g/mol. The minimum atomic E-state index is -1.26. The Hall–Kier alpha value is -2.22. The molecule has 2 aromatic rings. The molecule has 3 rings (SSSR count). The number of carbonyl (C=O) groups is 1. The molecule has 0 bridgehead atoms. The molecule has 0 radical (unpaired) electrons. The Kier molecular flexibility index (Phi) is 6.26. The Morgan fingerprint density at radius 2 is 1.89 bits per heavy atom. The Labute approximate surface area is 165 Å². The zero-order valence-electron chi connectivity index (χ0n) is 14.2. The lowest BCUT2D eigenvalue weighted by atomic mass is 10.1. The molecule has 27 heavy (non-hydrogen) atoms. The SMILES string of the molecule is N=C(F)c1c(NC2CCOCC2)ncc(C(=O)Nc2ccc(Cl)cc2)c1Cl. The lowest BCUT2D eigenvalue weighted by Gasteiger charge is -2.24. The summed E-state index contributed by atoms with van der Waals surface area (Å²) in [6.07, 6.45) is 2.73. The molecule has 1 aliphatic heterocycles. The standard InChI is InChI=1S/C18H17Cl2FN4O2/c19-10-1-3-11(4-2-10)25-18(26)13-9-23-17(14(15(13)20)16(21)22)24-12-5-7-27-8-6-12/h1-4,9,12,22H,5-8H2,(H,23,24)(H,25,26). The molecule has 1 amide bonds. The highest BCUT2D eigenvalue weighted by atomic mass is 35.5. The summed E-state index contributed by atoms with van der Waals surface area (Å²) in [4.78, 5) is 16.6. The van der Waals surface area contributed by atoms with Crippen LogP contribution in [0.5, 0.6) is 0 Å². The number of anilines is 2. The third-order valence-corrected chi connectivity index (χ3v) is 4.79. The van der Waals surface area contributed by atoms with Crippen LogP contribution < -0.4 is 10.6 Å². The highest BCUT2D eigenvalue weighted by Crippen LogP contribution is 2.29. The quantitative estimate of drug-likeness (QED) is 0.631. The van der Waals surface area contributed by atoms with Gasteiger partial charge in [-0.25, -0.2) is 4.98 Å². The van der Waals surface area contributed by atoms with Crippen LogP contribution in [0.1, 0.15) is 28.8 Å². The fourth-order valence-electron chi connectivity index (χ4n) is 2.72. The molecule has 142 valence electrons. The Morgan fingerprint density at radius 3 is 2.52 bits per heavy atom. The third-order valence-electron chi connectivity index (χ3n) is 4.14. The number of halogens is 3. The van der Waals surface area contributed by atoms with Crippen LogP contribution in [-0.2, 0) is 4.74 Å². The summed E-state index contributed by atoms with van der Waals surface area (Å²) in [6.45, 7) is 1.19. The van der Waals surface area contributed by atoms with Crippen LogP contribution in [0, 0.1) is 5.41 Å². The van der Waals surface area contributed by atoms with Crippen molar-refractivity contribution in [3.8, 4) is 0 Å². The molecule has 0 saturated carbocycles. The van der Waals surface area contributed by atoms with E-state index in [1.165, 1.54) is 6.20 Å². The number of ether oxygens (including phenoxy) is 1. The summed E-state index contributed by atoms with van der Waals surface area (Å²) in [5.74, 6) is -1.68. The molecule has 0 aliphatic carbocycles. The molecule has 0 unspecified atom stereocenters. The van der Waals surface area contributed by atoms with E-state index in [-0.39, 0.29) is 28.0 Å². The number of hydrogen-bond donors (Lipinski definition) is 3. The van der Waals surface area contributed by atoms with Gasteiger partial charge in [0, 0.05) is 36.2 Å². The molecule has 3 N–H and O–H groups in total. The van der Waals surface area contributed by atoms with Gasteiger partial charge in [0.2, 0.25) is 5.97 Å². The number of pyridine rings is 1. The van der Waals surface area contributed by atoms with Crippen molar-refractivity contribution in [1.29, 1.82) is 5.41 Å². The van der Waals surface area contributed by atoms with Crippen LogP contribution in [0.15, 0.2) is 30.5 Å². The minimum absolute atomic E-state index is 0.0263. The van der Waals surface area contributed by atoms with Gasteiger partial charge in [-0.3, -0.25) is 10.2 Å². The largest absolute Gasteiger partial charge is 0.381 e. The average Bonchev–Trinajstić information content (AvgIpc) is 2.64. The molecule has 6 nitrogen and oxygen atoms in total. The van der Waals surface area contributed by atoms with E-state index >= 15 is 0 Å². The number of hydrogen-bond acceptors (Lipinski definition) is 5. The number of aromatic nitrogens is 1. The summed E-state index contributed by atoms with van der Waals surface area (Å²) < 4.78 is 19.2. The van der Waals surface area contributed by atoms with E-state index in [9.17, 15) is 9.18 Å². The molecule has 1 fully saturated rings. The van der Waals surface area contributed by atoms with Crippen molar-refractivity contribution in [2.75, 3.05) is 23.8 Å². The van der Waals surface area contributed by atoms with Gasteiger partial charge >= 0.3 is 0 Å². The van der Waals surface area contributed by atoms with Crippen LogP contribution in [-0.4, -0.2) is 36.1 Å². The molecular formula is C18H17Cl2FN4O2. The molecule has 1 aliphatic rings. The van der Waals surface area contributed by atoms with Gasteiger partial charge in [-0.05, 0) is 37.1 Å². The van der Waals surface area contributed by atoms with Crippen LogP contribution >= 0.6 is 23.2 Å². The normalized spacial score (nSPS) is 14.6. The molecule has 1 aromatic heterocycles. The van der Waals surface area contributed by atoms with Gasteiger partial charge in [-0.2, -0.15) is 4.39 Å². The zero-order valence-corrected chi connectivity index (χ0v) is 15.7. The first-order chi connectivity index (χ1) is 13.0. The zero-order chi connectivity index (χ0) is 19.4. The fourth-order valence-corrected chi connectivity index (χ4v) is 3.16. The van der Waals surface area contributed by atoms with Crippen molar-refractivity contribution < 1.29 is 13.9 Å². The van der Waals surface area contributed by atoms with Crippen LogP contribution in [0.4, 0.5) is 15.9 Å². The molecule has 1 aromatic carbocycles. The van der Waals surface area contributed by atoms with Crippen molar-refractivity contribution in [3.05, 3.63) is 51.6 Å². The van der Waals surface area contributed by atoms with E-state index < -0.39 is 11.9 Å². The van der Waals surface area contributed by atoms with Crippen LogP contribution in [0.3, 0.4) is 0 Å². The Bertz CT molecular complexity index is 855. The predicted octanol–water partition coefficient (Wildman–Crippen LogP) is 4.53. The molecular weight excluding hydrogens is 394 g/mol. The van der Waals surface area contributed by atoms with Crippen LogP contribution in [0.25, 0.3) is 0 Å². The third kappa shape index (κ3) is 4.74. The van der Waals surface area contributed by atoms with E-state index in [1.54, 1.807) is 24.3 Å². The Morgan fingerprint density at radius 1 is 1.22 bits per heavy atom. The molecule has 1 saturated heterocycles. The maximum Gasteiger partial charge on any atom is 0.258 e. The highest BCUT2D eigenvalue weighted by molar-refractivity contribution is 6.37. The fraction of sp³-hybridized carbons (Fsp3) is 0.278. The second kappa shape index (κ2) is 8.65. The second-order valence-corrected chi connectivity index (χ2v) is 6.83. The summed E-state index contributed by atoms with van der Waals surface area (Å²) in [6, 6.07) is 6.54. The number of benzene rings is 1. The van der Waals surface area contributed by atoms with E-state index in [0.717, 1.165) is 12.8 Å². The van der Waals surface area contributed by atoms with Gasteiger partial charge in [0.05, 0.1) is 16.1 Å². The second-order valence-electron chi connectivity index (χ2n) is 6.02. The van der Waals surface area contributed by atoms with Gasteiger partial charge in [0.25, 0.3) is 5.91 Å². The van der Waals surface area contributed by atoms with Gasteiger partial charge in [0.1, 0.15) is 5.82 Å². The van der Waals surface area contributed by atoms with Gasteiger partial charge in [-0.1, -0.05) is 23.2 Å².